The lowest BCUT2D eigenvalue weighted by molar-refractivity contribution is -0.130. The Labute approximate surface area is 178 Å². The van der Waals surface area contributed by atoms with E-state index in [9.17, 15) is 17.6 Å². The van der Waals surface area contributed by atoms with Crippen LogP contribution in [0.2, 0.25) is 0 Å². The van der Waals surface area contributed by atoms with E-state index >= 15 is 0 Å². The lowest BCUT2D eigenvalue weighted by Crippen LogP contribution is -2.36. The summed E-state index contributed by atoms with van der Waals surface area (Å²) in [5, 5.41) is 0. The number of halogens is 1. The Balaban J connectivity index is 1.52. The summed E-state index contributed by atoms with van der Waals surface area (Å²) in [7, 11) is -1.87. The van der Waals surface area contributed by atoms with Gasteiger partial charge in [0.2, 0.25) is 15.9 Å². The molecule has 0 radical (unpaired) electrons. The van der Waals surface area contributed by atoms with Crippen LogP contribution < -0.4 is 4.72 Å². The number of carbonyl (C=O) groups is 1. The summed E-state index contributed by atoms with van der Waals surface area (Å²) in [6.07, 6.45) is 5.84. The summed E-state index contributed by atoms with van der Waals surface area (Å²) in [4.78, 5) is 14.1. The summed E-state index contributed by atoms with van der Waals surface area (Å²) in [5.74, 6) is -0.412. The number of carbonyl (C=O) groups excluding carboxylic acids is 1. The Morgan fingerprint density at radius 1 is 1.07 bits per heavy atom. The minimum Gasteiger partial charge on any atom is -0.341 e. The summed E-state index contributed by atoms with van der Waals surface area (Å²) in [6, 6.07) is 13.1. The Bertz CT molecular complexity index is 955. The molecule has 1 amide bonds. The van der Waals surface area contributed by atoms with Crippen molar-refractivity contribution in [2.75, 3.05) is 7.05 Å². The largest absolute Gasteiger partial charge is 0.341 e. The van der Waals surface area contributed by atoms with E-state index in [4.69, 9.17) is 0 Å². The average Bonchev–Trinajstić information content (AvgIpc) is 2.74. The van der Waals surface area contributed by atoms with Crippen LogP contribution in [-0.4, -0.2) is 32.3 Å². The molecular weight excluding hydrogens is 403 g/mol. The lowest BCUT2D eigenvalue weighted by Gasteiger charge is -2.22. The molecule has 1 aliphatic rings. The van der Waals surface area contributed by atoms with Gasteiger partial charge in [0.15, 0.2) is 0 Å². The van der Waals surface area contributed by atoms with Crippen LogP contribution in [0.3, 0.4) is 0 Å². The molecular formula is C23H29FN2O3S. The number of rotatable bonds is 8. The molecule has 0 aromatic heterocycles. The third-order valence-electron chi connectivity index (χ3n) is 5.58. The summed E-state index contributed by atoms with van der Waals surface area (Å²) in [6.45, 7) is 0.218. The highest BCUT2D eigenvalue weighted by Gasteiger charge is 2.21. The number of nitrogens with one attached hydrogen (secondary N) is 1. The molecule has 5 nitrogen and oxygen atoms in total. The summed E-state index contributed by atoms with van der Waals surface area (Å²) in [5.41, 5.74) is 1.37. The van der Waals surface area contributed by atoms with Crippen molar-refractivity contribution in [3.63, 3.8) is 0 Å². The lowest BCUT2D eigenvalue weighted by atomic mass is 9.96. The van der Waals surface area contributed by atoms with E-state index in [1.165, 1.54) is 17.4 Å². The van der Waals surface area contributed by atoms with Crippen LogP contribution in [0, 0.1) is 5.82 Å². The molecule has 0 atom stereocenters. The van der Waals surface area contributed by atoms with Gasteiger partial charge in [-0.15, -0.1) is 0 Å². The molecule has 1 aliphatic carbocycles. The highest BCUT2D eigenvalue weighted by Crippen LogP contribution is 2.20. The van der Waals surface area contributed by atoms with E-state index in [-0.39, 0.29) is 35.6 Å². The van der Waals surface area contributed by atoms with Gasteiger partial charge in [0, 0.05) is 31.6 Å². The van der Waals surface area contributed by atoms with Crippen LogP contribution in [0.25, 0.3) is 0 Å². The molecule has 1 fully saturated rings. The quantitative estimate of drug-likeness (QED) is 0.685. The van der Waals surface area contributed by atoms with E-state index in [1.807, 2.05) is 0 Å². The number of aryl methyl sites for hydroxylation is 1. The van der Waals surface area contributed by atoms with Gasteiger partial charge in [-0.25, -0.2) is 17.5 Å². The van der Waals surface area contributed by atoms with Gasteiger partial charge in [-0.2, -0.15) is 0 Å². The number of amides is 1. The van der Waals surface area contributed by atoms with Gasteiger partial charge in [-0.1, -0.05) is 49.6 Å². The van der Waals surface area contributed by atoms with Crippen LogP contribution in [0.5, 0.6) is 0 Å². The Hall–Kier alpha value is -2.25. The van der Waals surface area contributed by atoms with Gasteiger partial charge >= 0.3 is 0 Å². The number of sulfonamides is 1. The Kier molecular flexibility index (Phi) is 7.61. The second-order valence-corrected chi connectivity index (χ2v) is 9.66. The zero-order chi connectivity index (χ0) is 21.6. The van der Waals surface area contributed by atoms with E-state index in [2.05, 4.69) is 4.72 Å². The van der Waals surface area contributed by atoms with E-state index in [1.54, 1.807) is 49.5 Å². The van der Waals surface area contributed by atoms with E-state index in [0.717, 1.165) is 31.2 Å². The highest BCUT2D eigenvalue weighted by molar-refractivity contribution is 7.89. The molecule has 0 unspecified atom stereocenters. The van der Waals surface area contributed by atoms with Crippen LogP contribution in [0.1, 0.15) is 49.7 Å². The van der Waals surface area contributed by atoms with Gasteiger partial charge in [-0.3, -0.25) is 4.79 Å². The first-order valence-electron chi connectivity index (χ1n) is 10.4. The zero-order valence-electron chi connectivity index (χ0n) is 17.3. The normalized spacial score (nSPS) is 15.1. The maximum atomic E-state index is 13.8. The van der Waals surface area contributed by atoms with Gasteiger partial charge in [0.05, 0.1) is 4.90 Å². The predicted octanol–water partition coefficient (Wildman–Crippen LogP) is 4.03. The Morgan fingerprint density at radius 3 is 2.40 bits per heavy atom. The zero-order valence-corrected chi connectivity index (χ0v) is 18.1. The molecule has 7 heteroatoms. The number of hydrogen-bond donors (Lipinski definition) is 1. The SMILES string of the molecule is CN(Cc1ccccc1F)C(=O)CCc1ccc(S(=O)(=O)NC2CCCCC2)cc1. The molecule has 1 N–H and O–H groups in total. The first kappa shape index (κ1) is 22.4. The first-order valence-corrected chi connectivity index (χ1v) is 11.9. The number of hydrogen-bond acceptors (Lipinski definition) is 3. The van der Waals surface area contributed by atoms with Crippen LogP contribution >= 0.6 is 0 Å². The second-order valence-electron chi connectivity index (χ2n) is 7.94. The molecule has 0 bridgehead atoms. The molecule has 1 saturated carbocycles. The molecule has 30 heavy (non-hydrogen) atoms. The molecule has 2 aromatic carbocycles. The smallest absolute Gasteiger partial charge is 0.240 e. The van der Waals surface area contributed by atoms with Crippen molar-refractivity contribution in [2.45, 2.75) is 62.4 Å². The topological polar surface area (TPSA) is 66.5 Å². The average molecular weight is 433 g/mol. The third-order valence-corrected chi connectivity index (χ3v) is 7.12. The van der Waals surface area contributed by atoms with E-state index in [0.29, 0.717) is 12.0 Å². The van der Waals surface area contributed by atoms with E-state index < -0.39 is 10.0 Å². The van der Waals surface area contributed by atoms with Crippen molar-refractivity contribution in [3.05, 3.63) is 65.5 Å². The fourth-order valence-electron chi connectivity index (χ4n) is 3.76. The molecule has 0 aliphatic heterocycles. The van der Waals surface area contributed by atoms with Crippen molar-refractivity contribution in [1.82, 2.24) is 9.62 Å². The van der Waals surface area contributed by atoms with Crippen LogP contribution in [0.4, 0.5) is 4.39 Å². The summed E-state index contributed by atoms with van der Waals surface area (Å²) < 4.78 is 41.7. The van der Waals surface area contributed by atoms with Crippen molar-refractivity contribution in [1.29, 1.82) is 0 Å². The van der Waals surface area contributed by atoms with Gasteiger partial charge in [-0.05, 0) is 43.0 Å². The molecule has 0 saturated heterocycles. The molecule has 0 heterocycles. The number of benzene rings is 2. The number of nitrogens with zero attached hydrogens (tertiary/aromatic N) is 1. The van der Waals surface area contributed by atoms with Crippen molar-refractivity contribution in [2.24, 2.45) is 0 Å². The first-order chi connectivity index (χ1) is 14.3. The third kappa shape index (κ3) is 6.12. The molecule has 3 rings (SSSR count). The molecule has 0 spiro atoms. The summed E-state index contributed by atoms with van der Waals surface area (Å²) >= 11 is 0. The molecule has 162 valence electrons. The second kappa shape index (κ2) is 10.2. The molecule has 2 aromatic rings. The monoisotopic (exact) mass is 432 g/mol. The highest BCUT2D eigenvalue weighted by atomic mass is 32.2. The Morgan fingerprint density at radius 2 is 1.73 bits per heavy atom. The minimum absolute atomic E-state index is 0.0195. The van der Waals surface area contributed by atoms with Gasteiger partial charge in [0.25, 0.3) is 0 Å². The van der Waals surface area contributed by atoms with Crippen LogP contribution in [0.15, 0.2) is 53.4 Å². The van der Waals surface area contributed by atoms with Crippen molar-refractivity contribution >= 4 is 15.9 Å². The van der Waals surface area contributed by atoms with Crippen molar-refractivity contribution in [3.8, 4) is 0 Å². The van der Waals surface area contributed by atoms with Gasteiger partial charge < -0.3 is 4.90 Å². The fourth-order valence-corrected chi connectivity index (χ4v) is 5.06. The maximum Gasteiger partial charge on any atom is 0.240 e. The van der Waals surface area contributed by atoms with Gasteiger partial charge in [0.1, 0.15) is 5.82 Å². The fraction of sp³-hybridized carbons (Fsp3) is 0.435. The predicted molar refractivity (Wildman–Crippen MR) is 115 cm³/mol. The standard InChI is InChI=1S/C23H29FN2O3S/c1-26(17-19-7-5-6-10-22(19)24)23(27)16-13-18-11-14-21(15-12-18)30(28,29)25-20-8-3-2-4-9-20/h5-7,10-12,14-15,20,25H,2-4,8-9,13,16-17H2,1H3. The maximum absolute atomic E-state index is 13.8. The van der Waals surface area contributed by atoms with Crippen molar-refractivity contribution < 1.29 is 17.6 Å². The van der Waals surface area contributed by atoms with Crippen LogP contribution in [-0.2, 0) is 27.8 Å². The minimum atomic E-state index is -3.52.